The van der Waals surface area contributed by atoms with Crippen molar-refractivity contribution in [2.75, 3.05) is 19.8 Å². The zero-order valence-corrected chi connectivity index (χ0v) is 11.2. The van der Waals surface area contributed by atoms with Gasteiger partial charge in [0, 0.05) is 19.0 Å². The monoisotopic (exact) mass is 296 g/mol. The summed E-state index contributed by atoms with van der Waals surface area (Å²) >= 11 is 0. The first-order valence-electron chi connectivity index (χ1n) is 6.74. The summed E-state index contributed by atoms with van der Waals surface area (Å²) in [5, 5.41) is 9.26. The first-order valence-corrected chi connectivity index (χ1v) is 6.74. The lowest BCUT2D eigenvalue weighted by atomic mass is 10.1. The first-order chi connectivity index (χ1) is 9.99. The van der Waals surface area contributed by atoms with Crippen molar-refractivity contribution in [1.29, 1.82) is 0 Å². The molecule has 7 heteroatoms. The largest absolute Gasteiger partial charge is 0.505 e. The van der Waals surface area contributed by atoms with Gasteiger partial charge in [0.15, 0.2) is 11.6 Å². The number of amides is 2. The molecular formula is C14H14F2N2O3. The molecule has 0 radical (unpaired) electrons. The van der Waals surface area contributed by atoms with Crippen molar-refractivity contribution in [2.24, 2.45) is 5.92 Å². The van der Waals surface area contributed by atoms with Crippen molar-refractivity contribution >= 4 is 11.8 Å². The summed E-state index contributed by atoms with van der Waals surface area (Å²) in [7, 11) is 0. The lowest BCUT2D eigenvalue weighted by Crippen LogP contribution is -2.35. The zero-order chi connectivity index (χ0) is 15.1. The van der Waals surface area contributed by atoms with E-state index in [1.165, 1.54) is 9.80 Å². The van der Waals surface area contributed by atoms with Crippen LogP contribution in [-0.2, 0) is 4.79 Å². The number of hydrogen-bond donors (Lipinski definition) is 1. The van der Waals surface area contributed by atoms with E-state index in [9.17, 15) is 23.5 Å². The third-order valence-electron chi connectivity index (χ3n) is 3.79. The Morgan fingerprint density at radius 1 is 1.14 bits per heavy atom. The molecule has 5 nitrogen and oxygen atoms in total. The fourth-order valence-corrected chi connectivity index (χ4v) is 2.42. The number of aromatic hydroxyl groups is 1. The average Bonchev–Trinajstić information content (AvgIpc) is 3.19. The van der Waals surface area contributed by atoms with Gasteiger partial charge in [-0.25, -0.2) is 8.78 Å². The average molecular weight is 296 g/mol. The maximum absolute atomic E-state index is 13.7. The standard InChI is InChI=1S/C14H14F2N2O3/c15-9-3-4-10(19)12(16)11(9)14(21)18-6-5-17(7-18)13(20)8-1-2-8/h3-4,8,19H,1-2,5-7H2. The van der Waals surface area contributed by atoms with Gasteiger partial charge < -0.3 is 14.9 Å². The van der Waals surface area contributed by atoms with Crippen LogP contribution >= 0.6 is 0 Å². The van der Waals surface area contributed by atoms with Crippen LogP contribution in [0.4, 0.5) is 8.78 Å². The summed E-state index contributed by atoms with van der Waals surface area (Å²) in [5.74, 6) is -3.90. The summed E-state index contributed by atoms with van der Waals surface area (Å²) in [6.07, 6.45) is 1.72. The van der Waals surface area contributed by atoms with E-state index < -0.39 is 28.9 Å². The van der Waals surface area contributed by atoms with Gasteiger partial charge >= 0.3 is 0 Å². The third kappa shape index (κ3) is 2.43. The maximum atomic E-state index is 13.7. The maximum Gasteiger partial charge on any atom is 0.261 e. The van der Waals surface area contributed by atoms with Crippen LogP contribution in [0.3, 0.4) is 0 Å². The highest BCUT2D eigenvalue weighted by Crippen LogP contribution is 2.32. The molecule has 1 aromatic carbocycles. The van der Waals surface area contributed by atoms with Gasteiger partial charge in [-0.05, 0) is 25.0 Å². The molecule has 1 aliphatic carbocycles. The molecule has 1 aromatic rings. The molecule has 2 amide bonds. The van der Waals surface area contributed by atoms with Crippen molar-refractivity contribution in [3.63, 3.8) is 0 Å². The van der Waals surface area contributed by atoms with E-state index >= 15 is 0 Å². The highest BCUT2D eigenvalue weighted by molar-refractivity contribution is 5.95. The van der Waals surface area contributed by atoms with E-state index in [0.29, 0.717) is 6.54 Å². The second kappa shape index (κ2) is 4.98. The minimum Gasteiger partial charge on any atom is -0.505 e. The molecule has 3 rings (SSSR count). The van der Waals surface area contributed by atoms with Crippen LogP contribution in [0, 0.1) is 17.6 Å². The molecule has 21 heavy (non-hydrogen) atoms. The Hall–Kier alpha value is -2.18. The number of rotatable bonds is 2. The number of halogens is 2. The van der Waals surface area contributed by atoms with Crippen LogP contribution in [0.5, 0.6) is 5.75 Å². The number of carbonyl (C=O) groups is 2. The Balaban J connectivity index is 1.77. The van der Waals surface area contributed by atoms with Gasteiger partial charge in [0.1, 0.15) is 11.4 Å². The third-order valence-corrected chi connectivity index (χ3v) is 3.79. The molecular weight excluding hydrogens is 282 g/mol. The van der Waals surface area contributed by atoms with E-state index in [1.807, 2.05) is 0 Å². The zero-order valence-electron chi connectivity index (χ0n) is 11.2. The lowest BCUT2D eigenvalue weighted by molar-refractivity contribution is -0.131. The summed E-state index contributed by atoms with van der Waals surface area (Å²) in [6, 6.07) is 1.70. The number of benzene rings is 1. The van der Waals surface area contributed by atoms with Gasteiger partial charge in [-0.15, -0.1) is 0 Å². The summed E-state index contributed by atoms with van der Waals surface area (Å²) in [5.41, 5.74) is -0.782. The van der Waals surface area contributed by atoms with E-state index in [4.69, 9.17) is 0 Å². The predicted octanol–water partition coefficient (Wildman–Crippen LogP) is 1.32. The van der Waals surface area contributed by atoms with E-state index in [-0.39, 0.29) is 25.0 Å². The highest BCUT2D eigenvalue weighted by atomic mass is 19.1. The molecule has 112 valence electrons. The summed E-state index contributed by atoms with van der Waals surface area (Å²) < 4.78 is 27.4. The van der Waals surface area contributed by atoms with Crippen LogP contribution in [0.15, 0.2) is 12.1 Å². The molecule has 1 N–H and O–H groups in total. The van der Waals surface area contributed by atoms with Crippen molar-refractivity contribution in [2.45, 2.75) is 12.8 Å². The van der Waals surface area contributed by atoms with E-state index in [1.54, 1.807) is 0 Å². The van der Waals surface area contributed by atoms with E-state index in [0.717, 1.165) is 25.0 Å². The van der Waals surface area contributed by atoms with Crippen molar-refractivity contribution in [1.82, 2.24) is 9.80 Å². The van der Waals surface area contributed by atoms with Crippen molar-refractivity contribution < 1.29 is 23.5 Å². The Labute approximate surface area is 119 Å². The van der Waals surface area contributed by atoms with Crippen molar-refractivity contribution in [3.05, 3.63) is 29.3 Å². The number of nitrogens with zero attached hydrogens (tertiary/aromatic N) is 2. The van der Waals surface area contributed by atoms with Gasteiger partial charge in [-0.3, -0.25) is 9.59 Å². The van der Waals surface area contributed by atoms with Crippen LogP contribution in [-0.4, -0.2) is 46.5 Å². The number of hydrogen-bond acceptors (Lipinski definition) is 3. The quantitative estimate of drug-likeness (QED) is 0.895. The van der Waals surface area contributed by atoms with Gasteiger partial charge in [0.05, 0.1) is 6.67 Å². The molecule has 0 bridgehead atoms. The highest BCUT2D eigenvalue weighted by Gasteiger charge is 2.38. The Kier molecular flexibility index (Phi) is 3.27. The van der Waals surface area contributed by atoms with Crippen LogP contribution in [0.25, 0.3) is 0 Å². The number of phenols is 1. The Morgan fingerprint density at radius 2 is 1.81 bits per heavy atom. The number of carbonyl (C=O) groups excluding carboxylic acids is 2. The second-order valence-electron chi connectivity index (χ2n) is 5.34. The van der Waals surface area contributed by atoms with Crippen LogP contribution < -0.4 is 0 Å². The molecule has 1 aliphatic heterocycles. The number of phenolic OH excluding ortho intramolecular Hbond substituents is 1. The molecule has 0 spiro atoms. The van der Waals surface area contributed by atoms with Crippen molar-refractivity contribution in [3.8, 4) is 5.75 Å². The molecule has 0 aromatic heterocycles. The lowest BCUT2D eigenvalue weighted by Gasteiger charge is -2.19. The van der Waals surface area contributed by atoms with Gasteiger partial charge in [0.2, 0.25) is 5.91 Å². The summed E-state index contributed by atoms with van der Waals surface area (Å²) in [4.78, 5) is 26.8. The van der Waals surface area contributed by atoms with E-state index in [2.05, 4.69) is 0 Å². The first kappa shape index (κ1) is 13.8. The Bertz CT molecular complexity index is 616. The summed E-state index contributed by atoms with van der Waals surface area (Å²) in [6.45, 7) is 0.623. The normalized spacial score (nSPS) is 18.2. The van der Waals surface area contributed by atoms with Gasteiger partial charge in [-0.1, -0.05) is 0 Å². The molecule has 1 heterocycles. The molecule has 0 unspecified atom stereocenters. The molecule has 2 aliphatic rings. The molecule has 1 saturated heterocycles. The minimum atomic E-state index is -1.27. The van der Waals surface area contributed by atoms with Crippen LogP contribution in [0.2, 0.25) is 0 Å². The predicted molar refractivity (Wildman–Crippen MR) is 68.4 cm³/mol. The van der Waals surface area contributed by atoms with Crippen LogP contribution in [0.1, 0.15) is 23.2 Å². The fraction of sp³-hybridized carbons (Fsp3) is 0.429. The molecule has 1 saturated carbocycles. The SMILES string of the molecule is O=C(c1c(F)ccc(O)c1F)N1CCN(C(=O)C2CC2)C1. The van der Waals surface area contributed by atoms with Gasteiger partial charge in [-0.2, -0.15) is 0 Å². The van der Waals surface area contributed by atoms with Gasteiger partial charge in [0.25, 0.3) is 5.91 Å². The molecule has 0 atom stereocenters. The smallest absolute Gasteiger partial charge is 0.261 e. The second-order valence-corrected chi connectivity index (χ2v) is 5.34. The Morgan fingerprint density at radius 3 is 2.48 bits per heavy atom. The molecule has 2 fully saturated rings. The topological polar surface area (TPSA) is 60.9 Å². The minimum absolute atomic E-state index is 0.0119. The fourth-order valence-electron chi connectivity index (χ4n) is 2.42.